The Hall–Kier alpha value is -1.32. The van der Waals surface area contributed by atoms with Crippen LogP contribution in [0.2, 0.25) is 0 Å². The van der Waals surface area contributed by atoms with E-state index >= 15 is 0 Å². The minimum Gasteiger partial charge on any atom is -0.478 e. The lowest BCUT2D eigenvalue weighted by atomic mass is 9.95. The fourth-order valence-corrected chi connectivity index (χ4v) is 2.77. The second kappa shape index (κ2) is 16.5. The molecule has 1 unspecified atom stereocenters. The number of rotatable bonds is 16. The molecule has 0 aliphatic carbocycles. The van der Waals surface area contributed by atoms with Crippen LogP contribution in [-0.4, -0.2) is 23.7 Å². The highest BCUT2D eigenvalue weighted by Gasteiger charge is 2.11. The lowest BCUT2D eigenvalue weighted by molar-refractivity contribution is -0.140. The molecule has 0 bridgehead atoms. The average Bonchev–Trinajstić information content (AvgIpc) is 2.56. The van der Waals surface area contributed by atoms with Crippen LogP contribution in [0, 0.1) is 5.92 Å². The summed E-state index contributed by atoms with van der Waals surface area (Å²) in [7, 11) is 0. The predicted molar refractivity (Wildman–Crippen MR) is 98.0 cm³/mol. The molecule has 140 valence electrons. The Morgan fingerprint density at radius 3 is 1.88 bits per heavy atom. The van der Waals surface area contributed by atoms with Crippen molar-refractivity contribution in [3.8, 4) is 0 Å². The summed E-state index contributed by atoms with van der Waals surface area (Å²) in [5.74, 6) is -1.29. The number of unbranched alkanes of at least 4 members (excludes halogenated alkanes) is 8. The second-order valence-electron chi connectivity index (χ2n) is 6.57. The van der Waals surface area contributed by atoms with E-state index in [1.807, 2.05) is 0 Å². The number of carbonyl (C=O) groups is 2. The first-order valence-corrected chi connectivity index (χ1v) is 9.67. The van der Waals surface area contributed by atoms with E-state index < -0.39 is 11.9 Å². The molecule has 0 spiro atoms. The van der Waals surface area contributed by atoms with Crippen LogP contribution in [0.5, 0.6) is 0 Å². The summed E-state index contributed by atoms with van der Waals surface area (Å²) in [6.07, 6.45) is 16.5. The molecule has 0 aromatic carbocycles. The first-order valence-electron chi connectivity index (χ1n) is 9.67. The van der Waals surface area contributed by atoms with Crippen molar-refractivity contribution in [1.82, 2.24) is 0 Å². The maximum Gasteiger partial charge on any atom is 0.331 e. The topological polar surface area (TPSA) is 63.6 Å². The molecule has 0 radical (unpaired) electrons. The highest BCUT2D eigenvalue weighted by molar-refractivity contribution is 5.90. The van der Waals surface area contributed by atoms with E-state index in [0.717, 1.165) is 25.0 Å². The Labute approximate surface area is 147 Å². The maximum absolute atomic E-state index is 11.5. The standard InChI is InChI=1S/C20H36O4/c1-3-5-7-9-10-12-14-18(13-11-8-6-4-2)17-24-20(23)16-15-19(21)22/h15-16,18H,3-14,17H2,1-2H3,(H,21,22)/b16-15-. The van der Waals surface area contributed by atoms with E-state index in [0.29, 0.717) is 12.5 Å². The second-order valence-corrected chi connectivity index (χ2v) is 6.57. The molecule has 0 heterocycles. The third-order valence-corrected chi connectivity index (χ3v) is 4.26. The first-order chi connectivity index (χ1) is 11.6. The zero-order valence-corrected chi connectivity index (χ0v) is 15.6. The maximum atomic E-state index is 11.5. The molecule has 0 aromatic rings. The van der Waals surface area contributed by atoms with Crippen molar-refractivity contribution in [3.05, 3.63) is 12.2 Å². The third-order valence-electron chi connectivity index (χ3n) is 4.26. The van der Waals surface area contributed by atoms with Crippen molar-refractivity contribution in [2.45, 2.75) is 90.9 Å². The zero-order chi connectivity index (χ0) is 18.0. The molecule has 1 N–H and O–H groups in total. The van der Waals surface area contributed by atoms with Crippen molar-refractivity contribution in [2.24, 2.45) is 5.92 Å². The number of carboxylic acid groups (broad SMARTS) is 1. The van der Waals surface area contributed by atoms with Crippen LogP contribution < -0.4 is 0 Å². The van der Waals surface area contributed by atoms with Crippen molar-refractivity contribution < 1.29 is 19.4 Å². The minimum atomic E-state index is -1.13. The molecule has 0 aliphatic heterocycles. The summed E-state index contributed by atoms with van der Waals surface area (Å²) in [5.41, 5.74) is 0. The van der Waals surface area contributed by atoms with Crippen molar-refractivity contribution in [1.29, 1.82) is 0 Å². The molecule has 0 fully saturated rings. The molecule has 4 nitrogen and oxygen atoms in total. The van der Waals surface area contributed by atoms with E-state index in [9.17, 15) is 9.59 Å². The number of esters is 1. The van der Waals surface area contributed by atoms with Crippen LogP contribution in [0.25, 0.3) is 0 Å². The van der Waals surface area contributed by atoms with Gasteiger partial charge in [-0.2, -0.15) is 0 Å². The number of ether oxygens (including phenoxy) is 1. The normalized spacial score (nSPS) is 12.4. The van der Waals surface area contributed by atoms with Gasteiger partial charge >= 0.3 is 11.9 Å². The van der Waals surface area contributed by atoms with Crippen LogP contribution in [0.1, 0.15) is 90.9 Å². The summed E-state index contributed by atoms with van der Waals surface area (Å²) in [5, 5.41) is 8.52. The number of carbonyl (C=O) groups excluding carboxylic acids is 1. The molecule has 0 saturated heterocycles. The van der Waals surface area contributed by atoms with Gasteiger partial charge in [-0.3, -0.25) is 0 Å². The van der Waals surface area contributed by atoms with Gasteiger partial charge in [0, 0.05) is 12.2 Å². The molecule has 0 saturated carbocycles. The lowest BCUT2D eigenvalue weighted by Gasteiger charge is -2.16. The van der Waals surface area contributed by atoms with Gasteiger partial charge in [-0.15, -0.1) is 0 Å². The van der Waals surface area contributed by atoms with Gasteiger partial charge in [-0.1, -0.05) is 78.1 Å². The van der Waals surface area contributed by atoms with Gasteiger partial charge in [0.05, 0.1) is 6.61 Å². The van der Waals surface area contributed by atoms with E-state index in [-0.39, 0.29) is 0 Å². The molecule has 0 amide bonds. The van der Waals surface area contributed by atoms with Crippen molar-refractivity contribution in [2.75, 3.05) is 6.61 Å². The summed E-state index contributed by atoms with van der Waals surface area (Å²) >= 11 is 0. The van der Waals surface area contributed by atoms with Crippen LogP contribution >= 0.6 is 0 Å². The van der Waals surface area contributed by atoms with Gasteiger partial charge in [0.15, 0.2) is 0 Å². The van der Waals surface area contributed by atoms with Crippen molar-refractivity contribution in [3.63, 3.8) is 0 Å². The van der Waals surface area contributed by atoms with Crippen LogP contribution in [0.4, 0.5) is 0 Å². The summed E-state index contributed by atoms with van der Waals surface area (Å²) in [6, 6.07) is 0. The smallest absolute Gasteiger partial charge is 0.331 e. The Kier molecular flexibility index (Phi) is 15.6. The molecule has 24 heavy (non-hydrogen) atoms. The summed E-state index contributed by atoms with van der Waals surface area (Å²) in [6.45, 7) is 4.83. The van der Waals surface area contributed by atoms with E-state index in [1.165, 1.54) is 64.2 Å². The van der Waals surface area contributed by atoms with Gasteiger partial charge in [0.2, 0.25) is 0 Å². The van der Waals surface area contributed by atoms with Gasteiger partial charge in [0.1, 0.15) is 0 Å². The Balaban J connectivity index is 4.06. The number of hydrogen-bond acceptors (Lipinski definition) is 3. The van der Waals surface area contributed by atoms with Gasteiger partial charge < -0.3 is 9.84 Å². The molecule has 0 aromatic heterocycles. The average molecular weight is 341 g/mol. The first kappa shape index (κ1) is 22.7. The summed E-state index contributed by atoms with van der Waals surface area (Å²) < 4.78 is 5.22. The van der Waals surface area contributed by atoms with Crippen molar-refractivity contribution >= 4 is 11.9 Å². The number of aliphatic carboxylic acids is 1. The molecular formula is C20H36O4. The number of hydrogen-bond donors (Lipinski definition) is 1. The minimum absolute atomic E-state index is 0.398. The van der Waals surface area contributed by atoms with Gasteiger partial charge in [-0.25, -0.2) is 9.59 Å². The number of carboxylic acids is 1. The fourth-order valence-electron chi connectivity index (χ4n) is 2.77. The third kappa shape index (κ3) is 15.6. The Morgan fingerprint density at radius 1 is 0.833 bits per heavy atom. The van der Waals surface area contributed by atoms with Gasteiger partial charge in [0.25, 0.3) is 0 Å². The quantitative estimate of drug-likeness (QED) is 0.229. The van der Waals surface area contributed by atoms with Gasteiger partial charge in [-0.05, 0) is 18.8 Å². The molecule has 0 aliphatic rings. The van der Waals surface area contributed by atoms with Crippen LogP contribution in [0.15, 0.2) is 12.2 Å². The SMILES string of the molecule is CCCCCCCCC(CCCCCC)COC(=O)/C=C\C(=O)O. The molecular weight excluding hydrogens is 304 g/mol. The van der Waals surface area contributed by atoms with E-state index in [2.05, 4.69) is 13.8 Å². The van der Waals surface area contributed by atoms with E-state index in [4.69, 9.17) is 9.84 Å². The highest BCUT2D eigenvalue weighted by atomic mass is 16.5. The zero-order valence-electron chi connectivity index (χ0n) is 15.6. The molecule has 0 rings (SSSR count). The summed E-state index contributed by atoms with van der Waals surface area (Å²) in [4.78, 5) is 21.9. The van der Waals surface area contributed by atoms with Crippen LogP contribution in [0.3, 0.4) is 0 Å². The fraction of sp³-hybridized carbons (Fsp3) is 0.800. The molecule has 1 atom stereocenters. The largest absolute Gasteiger partial charge is 0.478 e. The van der Waals surface area contributed by atoms with E-state index in [1.54, 1.807) is 0 Å². The highest BCUT2D eigenvalue weighted by Crippen LogP contribution is 2.19. The Bertz CT molecular complexity index is 350. The lowest BCUT2D eigenvalue weighted by Crippen LogP contribution is -2.13. The monoisotopic (exact) mass is 340 g/mol. The van der Waals surface area contributed by atoms with Crippen LogP contribution in [-0.2, 0) is 14.3 Å². The molecule has 4 heteroatoms. The Morgan fingerprint density at radius 2 is 1.33 bits per heavy atom. The predicted octanol–water partition coefficient (Wildman–Crippen LogP) is 5.51.